The van der Waals surface area contributed by atoms with E-state index in [9.17, 15) is 53.5 Å². The molecule has 0 unspecified atom stereocenters. The molecule has 0 bridgehead atoms. The highest BCUT2D eigenvalue weighted by atomic mass is 19.4. The zero-order chi connectivity index (χ0) is 25.2. The van der Waals surface area contributed by atoms with Crippen molar-refractivity contribution in [3.05, 3.63) is 59.7 Å². The van der Waals surface area contributed by atoms with Crippen molar-refractivity contribution in [2.45, 2.75) is 30.6 Å². The van der Waals surface area contributed by atoms with Gasteiger partial charge in [-0.3, -0.25) is 9.59 Å². The van der Waals surface area contributed by atoms with Gasteiger partial charge in [0.1, 0.15) is 0 Å². The minimum absolute atomic E-state index is 0.125. The maximum atomic E-state index is 13.0. The summed E-state index contributed by atoms with van der Waals surface area (Å²) < 4.78 is 125. The fourth-order valence-electron chi connectivity index (χ4n) is 2.32. The molecular formula is C19H12F10N2O2. The van der Waals surface area contributed by atoms with Gasteiger partial charge >= 0.3 is 36.0 Å². The fraction of sp³-hybridized carbons (Fsp3) is 0.263. The number of carbonyl (C=O) groups is 2. The largest absolute Gasteiger partial charge is 0.463 e. The van der Waals surface area contributed by atoms with Gasteiger partial charge in [0, 0.05) is 11.4 Å². The summed E-state index contributed by atoms with van der Waals surface area (Å²) in [6.07, 6.45) is -12.0. The molecule has 14 heteroatoms. The summed E-state index contributed by atoms with van der Waals surface area (Å²) in [7, 11) is 0. The summed E-state index contributed by atoms with van der Waals surface area (Å²) >= 11 is 0. The van der Waals surface area contributed by atoms with E-state index in [0.717, 1.165) is 24.3 Å². The maximum absolute atomic E-state index is 13.0. The lowest BCUT2D eigenvalue weighted by Crippen LogP contribution is -2.47. The molecule has 0 heterocycles. The molecule has 0 aliphatic heterocycles. The van der Waals surface area contributed by atoms with Crippen molar-refractivity contribution < 1.29 is 53.5 Å². The van der Waals surface area contributed by atoms with Crippen LogP contribution in [0.3, 0.4) is 0 Å². The Hall–Kier alpha value is -3.32. The smallest absolute Gasteiger partial charge is 0.321 e. The first kappa shape index (κ1) is 25.9. The number of hydrogen-bond acceptors (Lipinski definition) is 2. The van der Waals surface area contributed by atoms with Gasteiger partial charge in [0.15, 0.2) is 0 Å². The van der Waals surface area contributed by atoms with Gasteiger partial charge in [0.2, 0.25) is 0 Å². The molecule has 0 aromatic heterocycles. The van der Waals surface area contributed by atoms with E-state index in [-0.39, 0.29) is 17.8 Å². The van der Waals surface area contributed by atoms with Crippen LogP contribution in [0.4, 0.5) is 55.3 Å². The van der Waals surface area contributed by atoms with E-state index in [1.54, 1.807) is 0 Å². The number of nitrogens with one attached hydrogen (secondary N) is 2. The summed E-state index contributed by atoms with van der Waals surface area (Å²) in [4.78, 5) is 22.3. The van der Waals surface area contributed by atoms with Gasteiger partial charge in [-0.2, -0.15) is 43.9 Å². The second-order valence-electron chi connectivity index (χ2n) is 6.62. The normalized spacial score (nSPS) is 12.9. The van der Waals surface area contributed by atoms with Crippen LogP contribution in [0.15, 0.2) is 48.5 Å². The molecule has 0 saturated heterocycles. The molecule has 0 atom stereocenters. The van der Waals surface area contributed by atoms with E-state index in [1.807, 2.05) is 0 Å². The van der Waals surface area contributed by atoms with E-state index in [1.165, 1.54) is 34.9 Å². The Morgan fingerprint density at radius 1 is 0.545 bits per heavy atom. The van der Waals surface area contributed by atoms with Crippen LogP contribution in [0, 0.1) is 0 Å². The Labute approximate surface area is 178 Å². The zero-order valence-corrected chi connectivity index (χ0v) is 15.9. The maximum Gasteiger partial charge on any atom is 0.463 e. The van der Waals surface area contributed by atoms with Crippen molar-refractivity contribution in [2.24, 2.45) is 0 Å². The second-order valence-corrected chi connectivity index (χ2v) is 6.62. The topological polar surface area (TPSA) is 58.2 Å². The summed E-state index contributed by atoms with van der Waals surface area (Å²) in [5.41, 5.74) is 0.291. The molecule has 2 amide bonds. The average molecular weight is 490 g/mol. The lowest BCUT2D eigenvalue weighted by Gasteiger charge is -2.19. The first-order chi connectivity index (χ1) is 14.9. The minimum Gasteiger partial charge on any atom is -0.321 e. The van der Waals surface area contributed by atoms with Crippen LogP contribution in [0.25, 0.3) is 0 Å². The van der Waals surface area contributed by atoms with Crippen molar-refractivity contribution in [3.63, 3.8) is 0 Å². The molecule has 0 radical (unpaired) electrons. The van der Waals surface area contributed by atoms with Gasteiger partial charge in [-0.05, 0) is 41.8 Å². The standard InChI is InChI=1S/C19H12F10N2O2/c20-16(21,18(24,25)26)14(32)30-12-5-1-10(2-6-12)9-11-3-7-13(8-4-11)31-15(33)17(22,23)19(27,28)29/h1-8H,9H2,(H,30,32)(H,31,33). The molecule has 33 heavy (non-hydrogen) atoms. The minimum atomic E-state index is -6.06. The Kier molecular flexibility index (Phi) is 7.00. The third-order valence-corrected chi connectivity index (χ3v) is 4.11. The Bertz CT molecular complexity index is 916. The molecule has 4 nitrogen and oxygen atoms in total. The third kappa shape index (κ3) is 5.93. The van der Waals surface area contributed by atoms with E-state index < -0.39 is 36.0 Å². The predicted molar refractivity (Wildman–Crippen MR) is 95.0 cm³/mol. The molecule has 0 spiro atoms. The van der Waals surface area contributed by atoms with Crippen molar-refractivity contribution in [1.82, 2.24) is 0 Å². The van der Waals surface area contributed by atoms with E-state index in [2.05, 4.69) is 0 Å². The number of rotatable bonds is 6. The first-order valence-corrected chi connectivity index (χ1v) is 8.65. The summed E-state index contributed by atoms with van der Waals surface area (Å²) in [5, 5.41) is 2.88. The molecule has 180 valence electrons. The van der Waals surface area contributed by atoms with Crippen molar-refractivity contribution in [1.29, 1.82) is 0 Å². The van der Waals surface area contributed by atoms with Gasteiger partial charge in [-0.1, -0.05) is 24.3 Å². The molecule has 0 aliphatic rings. The second kappa shape index (κ2) is 8.90. The van der Waals surface area contributed by atoms with E-state index in [0.29, 0.717) is 11.1 Å². The van der Waals surface area contributed by atoms with Gasteiger partial charge < -0.3 is 10.6 Å². The quantitative estimate of drug-likeness (QED) is 0.522. The van der Waals surface area contributed by atoms with Crippen molar-refractivity contribution in [2.75, 3.05) is 10.6 Å². The highest BCUT2D eigenvalue weighted by Crippen LogP contribution is 2.37. The molecule has 2 aromatic carbocycles. The Morgan fingerprint density at radius 2 is 0.818 bits per heavy atom. The van der Waals surface area contributed by atoms with Crippen LogP contribution in [0.1, 0.15) is 11.1 Å². The van der Waals surface area contributed by atoms with Crippen molar-refractivity contribution >= 4 is 23.2 Å². The lowest BCUT2D eigenvalue weighted by atomic mass is 10.0. The lowest BCUT2D eigenvalue weighted by molar-refractivity contribution is -0.267. The monoisotopic (exact) mass is 490 g/mol. The fourth-order valence-corrected chi connectivity index (χ4v) is 2.32. The molecule has 2 rings (SSSR count). The van der Waals surface area contributed by atoms with Gasteiger partial charge in [0.05, 0.1) is 0 Å². The number of amides is 2. The molecular weight excluding hydrogens is 478 g/mol. The van der Waals surface area contributed by atoms with Crippen molar-refractivity contribution in [3.8, 4) is 0 Å². The summed E-state index contributed by atoms with van der Waals surface area (Å²) in [6.45, 7) is 0. The van der Waals surface area contributed by atoms with Gasteiger partial charge in [-0.25, -0.2) is 0 Å². The molecule has 2 N–H and O–H groups in total. The highest BCUT2D eigenvalue weighted by Gasteiger charge is 2.64. The highest BCUT2D eigenvalue weighted by molar-refractivity contribution is 5.97. The van der Waals surface area contributed by atoms with Crippen LogP contribution in [-0.4, -0.2) is 36.0 Å². The molecule has 0 saturated carbocycles. The number of halogens is 10. The van der Waals surface area contributed by atoms with Gasteiger partial charge in [-0.15, -0.1) is 0 Å². The van der Waals surface area contributed by atoms with Crippen LogP contribution in [-0.2, 0) is 16.0 Å². The zero-order valence-electron chi connectivity index (χ0n) is 15.9. The molecule has 0 fully saturated rings. The third-order valence-electron chi connectivity index (χ3n) is 4.11. The van der Waals surface area contributed by atoms with Crippen LogP contribution < -0.4 is 10.6 Å². The van der Waals surface area contributed by atoms with Crippen LogP contribution in [0.5, 0.6) is 0 Å². The van der Waals surface area contributed by atoms with Gasteiger partial charge in [0.25, 0.3) is 0 Å². The Balaban J connectivity index is 2.01. The summed E-state index contributed by atoms with van der Waals surface area (Å²) in [5.74, 6) is -16.3. The Morgan fingerprint density at radius 3 is 1.06 bits per heavy atom. The SMILES string of the molecule is O=C(Nc1ccc(Cc2ccc(NC(=O)C(F)(F)C(F)(F)F)cc2)cc1)C(F)(F)C(F)(F)F. The number of benzene rings is 2. The number of carbonyl (C=O) groups excluding carboxylic acids is 2. The number of alkyl halides is 10. The molecule has 0 aliphatic carbocycles. The number of hydrogen-bond donors (Lipinski definition) is 2. The predicted octanol–water partition coefficient (Wildman–Crippen LogP) is 5.55. The van der Waals surface area contributed by atoms with Crippen LogP contribution in [0.2, 0.25) is 0 Å². The first-order valence-electron chi connectivity index (χ1n) is 8.65. The van der Waals surface area contributed by atoms with Crippen LogP contribution >= 0.6 is 0 Å². The average Bonchev–Trinajstić information content (AvgIpc) is 2.69. The molecule has 2 aromatic rings. The van der Waals surface area contributed by atoms with E-state index in [4.69, 9.17) is 0 Å². The van der Waals surface area contributed by atoms with E-state index >= 15 is 0 Å². The number of anilines is 2. The summed E-state index contributed by atoms with van der Waals surface area (Å²) in [6, 6.07) is 9.42.